The van der Waals surface area contributed by atoms with Gasteiger partial charge < -0.3 is 19.5 Å². The molecule has 1 amide bonds. The molecular formula is C18H20N2O5S. The molecule has 0 atom stereocenters. The number of piperidine rings is 1. The zero-order valence-electron chi connectivity index (χ0n) is 14.6. The SMILES string of the molecule is COc1ccc(-c2nc(C(=O)N3CCC(C(=O)O)CC3)cs2)cc1OC. The summed E-state index contributed by atoms with van der Waals surface area (Å²) in [5, 5.41) is 11.5. The highest BCUT2D eigenvalue weighted by atomic mass is 32.1. The largest absolute Gasteiger partial charge is 0.493 e. The summed E-state index contributed by atoms with van der Waals surface area (Å²) in [6.07, 6.45) is 0.960. The molecular weight excluding hydrogens is 356 g/mol. The molecule has 0 unspecified atom stereocenters. The van der Waals surface area contributed by atoms with Crippen LogP contribution in [0.3, 0.4) is 0 Å². The highest BCUT2D eigenvalue weighted by Gasteiger charge is 2.28. The number of benzene rings is 1. The highest BCUT2D eigenvalue weighted by Crippen LogP contribution is 2.33. The first kappa shape index (κ1) is 18.2. The molecule has 0 bridgehead atoms. The standard InChI is InChI=1S/C18H20N2O5S/c1-24-14-4-3-12(9-15(14)25-2)16-19-13(10-26-16)17(21)20-7-5-11(6-8-20)18(22)23/h3-4,9-11H,5-8H2,1-2H3,(H,22,23). The number of carboxylic acid groups (broad SMARTS) is 1. The van der Waals surface area contributed by atoms with Crippen molar-refractivity contribution in [3.8, 4) is 22.1 Å². The van der Waals surface area contributed by atoms with Gasteiger partial charge in [-0.15, -0.1) is 11.3 Å². The van der Waals surface area contributed by atoms with Crippen LogP contribution in [0, 0.1) is 5.92 Å². The zero-order chi connectivity index (χ0) is 18.7. The first-order valence-electron chi connectivity index (χ1n) is 8.23. The second-order valence-corrected chi connectivity index (χ2v) is 6.87. The van der Waals surface area contributed by atoms with E-state index in [0.717, 1.165) is 10.6 Å². The van der Waals surface area contributed by atoms with Crippen LogP contribution in [-0.2, 0) is 4.79 Å². The quantitative estimate of drug-likeness (QED) is 0.863. The molecule has 138 valence electrons. The summed E-state index contributed by atoms with van der Waals surface area (Å²) in [6.45, 7) is 0.887. The van der Waals surface area contributed by atoms with Gasteiger partial charge in [0.25, 0.3) is 5.91 Å². The van der Waals surface area contributed by atoms with Gasteiger partial charge in [-0.2, -0.15) is 0 Å². The molecule has 26 heavy (non-hydrogen) atoms. The van der Waals surface area contributed by atoms with Crippen molar-refractivity contribution in [2.24, 2.45) is 5.92 Å². The number of aromatic nitrogens is 1. The number of amides is 1. The number of carboxylic acids is 1. The van der Waals surface area contributed by atoms with Gasteiger partial charge in [-0.3, -0.25) is 9.59 Å². The van der Waals surface area contributed by atoms with Crippen LogP contribution >= 0.6 is 11.3 Å². The maximum absolute atomic E-state index is 12.6. The van der Waals surface area contributed by atoms with Crippen molar-refractivity contribution in [2.45, 2.75) is 12.8 Å². The Balaban J connectivity index is 1.74. The Kier molecular flexibility index (Phi) is 5.41. The van der Waals surface area contributed by atoms with E-state index < -0.39 is 5.97 Å². The van der Waals surface area contributed by atoms with Gasteiger partial charge in [0.2, 0.25) is 0 Å². The Bertz CT molecular complexity index is 812. The molecule has 2 heterocycles. The van der Waals surface area contributed by atoms with Crippen LogP contribution in [0.15, 0.2) is 23.6 Å². The highest BCUT2D eigenvalue weighted by molar-refractivity contribution is 7.13. The third-order valence-electron chi connectivity index (χ3n) is 4.49. The van der Waals surface area contributed by atoms with Crippen LogP contribution in [0.5, 0.6) is 11.5 Å². The van der Waals surface area contributed by atoms with E-state index in [4.69, 9.17) is 14.6 Å². The molecule has 8 heteroatoms. The second-order valence-electron chi connectivity index (χ2n) is 6.01. The number of hydrogen-bond donors (Lipinski definition) is 1. The molecule has 3 rings (SSSR count). The second kappa shape index (κ2) is 7.74. The van der Waals surface area contributed by atoms with Crippen LogP contribution in [0.25, 0.3) is 10.6 Å². The third kappa shape index (κ3) is 3.65. The Morgan fingerprint density at radius 1 is 1.19 bits per heavy atom. The van der Waals surface area contributed by atoms with Crippen LogP contribution in [0.4, 0.5) is 0 Å². The molecule has 0 aliphatic carbocycles. The fourth-order valence-electron chi connectivity index (χ4n) is 2.97. The Morgan fingerprint density at radius 3 is 2.50 bits per heavy atom. The summed E-state index contributed by atoms with van der Waals surface area (Å²) in [5.41, 5.74) is 1.23. The molecule has 7 nitrogen and oxygen atoms in total. The van der Waals surface area contributed by atoms with Crippen molar-refractivity contribution >= 4 is 23.2 Å². The monoisotopic (exact) mass is 376 g/mol. The molecule has 0 saturated carbocycles. The maximum atomic E-state index is 12.6. The first-order chi connectivity index (χ1) is 12.5. The predicted molar refractivity (Wildman–Crippen MR) is 96.9 cm³/mol. The number of rotatable bonds is 5. The predicted octanol–water partition coefficient (Wildman–Crippen LogP) is 2.76. The van der Waals surface area contributed by atoms with Crippen LogP contribution in [0.1, 0.15) is 23.3 Å². The van der Waals surface area contributed by atoms with E-state index in [2.05, 4.69) is 4.98 Å². The summed E-state index contributed by atoms with van der Waals surface area (Å²) in [5.74, 6) is -0.0793. The lowest BCUT2D eigenvalue weighted by Gasteiger charge is -2.29. The molecule has 1 aliphatic rings. The van der Waals surface area contributed by atoms with Crippen molar-refractivity contribution < 1.29 is 24.2 Å². The molecule has 1 aromatic carbocycles. The number of ether oxygens (including phenoxy) is 2. The smallest absolute Gasteiger partial charge is 0.306 e. The van der Waals surface area contributed by atoms with Gasteiger partial charge in [-0.25, -0.2) is 4.98 Å². The van der Waals surface area contributed by atoms with E-state index in [-0.39, 0.29) is 11.8 Å². The van der Waals surface area contributed by atoms with Gasteiger partial charge in [0.15, 0.2) is 11.5 Å². The van der Waals surface area contributed by atoms with Gasteiger partial charge in [-0.1, -0.05) is 0 Å². The molecule has 1 aromatic heterocycles. The molecule has 1 fully saturated rings. The minimum atomic E-state index is -0.790. The van der Waals surface area contributed by atoms with Crippen LogP contribution < -0.4 is 9.47 Å². The Morgan fingerprint density at radius 2 is 1.88 bits per heavy atom. The number of carbonyl (C=O) groups is 2. The molecule has 1 N–H and O–H groups in total. The van der Waals surface area contributed by atoms with Gasteiger partial charge in [0.05, 0.1) is 20.1 Å². The van der Waals surface area contributed by atoms with E-state index in [1.54, 1.807) is 30.6 Å². The summed E-state index contributed by atoms with van der Waals surface area (Å²) in [7, 11) is 3.14. The van der Waals surface area contributed by atoms with Gasteiger partial charge in [0, 0.05) is 24.0 Å². The van der Waals surface area contributed by atoms with E-state index in [0.29, 0.717) is 43.1 Å². The first-order valence-corrected chi connectivity index (χ1v) is 9.11. The maximum Gasteiger partial charge on any atom is 0.306 e. The molecule has 1 saturated heterocycles. The van der Waals surface area contributed by atoms with E-state index in [1.165, 1.54) is 11.3 Å². The summed E-state index contributed by atoms with van der Waals surface area (Å²) in [4.78, 5) is 29.8. The number of methoxy groups -OCH3 is 2. The summed E-state index contributed by atoms with van der Waals surface area (Å²) < 4.78 is 10.5. The Labute approximate surface area is 155 Å². The van der Waals surface area contributed by atoms with Crippen molar-refractivity contribution in [1.29, 1.82) is 0 Å². The van der Waals surface area contributed by atoms with Crippen molar-refractivity contribution in [1.82, 2.24) is 9.88 Å². The lowest BCUT2D eigenvalue weighted by Crippen LogP contribution is -2.40. The average molecular weight is 376 g/mol. The van der Waals surface area contributed by atoms with Gasteiger partial charge in [-0.05, 0) is 31.0 Å². The number of nitrogens with zero attached hydrogens (tertiary/aromatic N) is 2. The topological polar surface area (TPSA) is 89.0 Å². The minimum absolute atomic E-state index is 0.156. The third-order valence-corrected chi connectivity index (χ3v) is 5.38. The number of carbonyl (C=O) groups excluding carboxylic acids is 1. The van der Waals surface area contributed by atoms with E-state index in [1.807, 2.05) is 12.1 Å². The van der Waals surface area contributed by atoms with Crippen LogP contribution in [-0.4, -0.2) is 54.2 Å². The zero-order valence-corrected chi connectivity index (χ0v) is 15.4. The van der Waals surface area contributed by atoms with Crippen LogP contribution in [0.2, 0.25) is 0 Å². The molecule has 2 aromatic rings. The fourth-order valence-corrected chi connectivity index (χ4v) is 3.76. The molecule has 0 spiro atoms. The minimum Gasteiger partial charge on any atom is -0.493 e. The van der Waals surface area contributed by atoms with E-state index >= 15 is 0 Å². The van der Waals surface area contributed by atoms with Crippen molar-refractivity contribution in [3.05, 3.63) is 29.3 Å². The van der Waals surface area contributed by atoms with Crippen molar-refractivity contribution in [2.75, 3.05) is 27.3 Å². The normalized spacial score (nSPS) is 14.9. The lowest BCUT2D eigenvalue weighted by atomic mass is 9.97. The Hall–Kier alpha value is -2.61. The fraction of sp³-hybridized carbons (Fsp3) is 0.389. The summed E-state index contributed by atoms with van der Waals surface area (Å²) in [6, 6.07) is 5.49. The van der Waals surface area contributed by atoms with E-state index in [9.17, 15) is 9.59 Å². The number of hydrogen-bond acceptors (Lipinski definition) is 6. The lowest BCUT2D eigenvalue weighted by molar-refractivity contribution is -0.143. The molecule has 0 radical (unpaired) electrons. The number of aliphatic carboxylic acids is 1. The average Bonchev–Trinajstić information content (AvgIpc) is 3.17. The number of thiazole rings is 1. The van der Waals surface area contributed by atoms with Gasteiger partial charge in [0.1, 0.15) is 10.7 Å². The van der Waals surface area contributed by atoms with Gasteiger partial charge >= 0.3 is 5.97 Å². The molecule has 1 aliphatic heterocycles. The number of likely N-dealkylation sites (tertiary alicyclic amines) is 1. The summed E-state index contributed by atoms with van der Waals surface area (Å²) >= 11 is 1.38. The van der Waals surface area contributed by atoms with Crippen molar-refractivity contribution in [3.63, 3.8) is 0 Å².